The average Bonchev–Trinajstić information content (AvgIpc) is 2.55. The lowest BCUT2D eigenvalue weighted by molar-refractivity contribution is 0.0926. The molecule has 0 aliphatic carbocycles. The Kier molecular flexibility index (Phi) is 5.63. The molecule has 1 N–H and O–H groups in total. The van der Waals surface area contributed by atoms with Gasteiger partial charge in [0.25, 0.3) is 5.91 Å². The van der Waals surface area contributed by atoms with Gasteiger partial charge in [-0.3, -0.25) is 4.79 Å². The molecule has 0 radical (unpaired) electrons. The first-order valence-electron chi connectivity index (χ1n) is 7.65. The van der Waals surface area contributed by atoms with Crippen molar-refractivity contribution in [3.8, 4) is 11.5 Å². The number of aryl methyl sites for hydroxylation is 2. The molecule has 0 saturated heterocycles. The summed E-state index contributed by atoms with van der Waals surface area (Å²) in [5.74, 6) is 1.26. The molecule has 0 fully saturated rings. The molecule has 0 aliphatic rings. The number of benzene rings is 2. The normalized spacial score (nSPS) is 11.7. The molecule has 0 unspecified atom stereocenters. The van der Waals surface area contributed by atoms with Crippen LogP contribution in [0.25, 0.3) is 0 Å². The van der Waals surface area contributed by atoms with Gasteiger partial charge in [-0.15, -0.1) is 0 Å². The number of rotatable bonds is 6. The van der Waals surface area contributed by atoms with Gasteiger partial charge in [-0.2, -0.15) is 0 Å². The van der Waals surface area contributed by atoms with Crippen molar-refractivity contribution < 1.29 is 14.3 Å². The first-order valence-corrected chi connectivity index (χ1v) is 7.65. The van der Waals surface area contributed by atoms with Gasteiger partial charge >= 0.3 is 0 Å². The third-order valence-corrected chi connectivity index (χ3v) is 3.70. The average molecular weight is 313 g/mol. The number of carbonyl (C=O) groups excluding carboxylic acids is 1. The van der Waals surface area contributed by atoms with E-state index in [9.17, 15) is 4.79 Å². The number of hydrogen-bond acceptors (Lipinski definition) is 3. The number of amides is 1. The van der Waals surface area contributed by atoms with Crippen LogP contribution in [0.3, 0.4) is 0 Å². The summed E-state index contributed by atoms with van der Waals surface area (Å²) >= 11 is 0. The Bertz CT molecular complexity index is 682. The van der Waals surface area contributed by atoms with Crippen LogP contribution in [0.5, 0.6) is 11.5 Å². The number of para-hydroxylation sites is 2. The Labute approximate surface area is 137 Å². The van der Waals surface area contributed by atoms with Crippen LogP contribution in [-0.2, 0) is 0 Å². The molecule has 2 rings (SSSR count). The van der Waals surface area contributed by atoms with Crippen LogP contribution >= 0.6 is 0 Å². The maximum Gasteiger partial charge on any atom is 0.251 e. The monoisotopic (exact) mass is 313 g/mol. The minimum Gasteiger partial charge on any atom is -0.493 e. The predicted molar refractivity (Wildman–Crippen MR) is 91.3 cm³/mol. The quantitative estimate of drug-likeness (QED) is 0.888. The summed E-state index contributed by atoms with van der Waals surface area (Å²) < 4.78 is 11.0. The molecule has 2 aromatic carbocycles. The van der Waals surface area contributed by atoms with E-state index in [1.807, 2.05) is 63.2 Å². The lowest BCUT2D eigenvalue weighted by atomic mass is 10.1. The lowest BCUT2D eigenvalue weighted by Gasteiger charge is -2.16. The van der Waals surface area contributed by atoms with Crippen LogP contribution in [0.2, 0.25) is 0 Å². The highest BCUT2D eigenvalue weighted by Gasteiger charge is 2.12. The van der Waals surface area contributed by atoms with Crippen molar-refractivity contribution in [2.24, 2.45) is 0 Å². The van der Waals surface area contributed by atoms with Crippen LogP contribution < -0.4 is 14.8 Å². The Balaban J connectivity index is 1.92. The van der Waals surface area contributed by atoms with Crippen molar-refractivity contribution in [2.75, 3.05) is 13.7 Å². The minimum absolute atomic E-state index is 0.0933. The van der Waals surface area contributed by atoms with E-state index in [2.05, 4.69) is 5.32 Å². The second kappa shape index (κ2) is 7.68. The lowest BCUT2D eigenvalue weighted by Crippen LogP contribution is -2.36. The van der Waals surface area contributed by atoms with E-state index in [0.29, 0.717) is 23.7 Å². The maximum atomic E-state index is 12.3. The largest absolute Gasteiger partial charge is 0.493 e. The smallest absolute Gasteiger partial charge is 0.251 e. The molecule has 1 atom stereocenters. The third kappa shape index (κ3) is 4.49. The molecule has 2 aromatic rings. The fourth-order valence-electron chi connectivity index (χ4n) is 2.18. The number of nitrogens with one attached hydrogen (secondary N) is 1. The van der Waals surface area contributed by atoms with E-state index in [1.165, 1.54) is 5.56 Å². The van der Waals surface area contributed by atoms with Crippen molar-refractivity contribution in [3.63, 3.8) is 0 Å². The Hall–Kier alpha value is -2.49. The molecule has 4 nitrogen and oxygen atoms in total. The van der Waals surface area contributed by atoms with Gasteiger partial charge < -0.3 is 14.8 Å². The van der Waals surface area contributed by atoms with Gasteiger partial charge in [-0.25, -0.2) is 0 Å². The van der Waals surface area contributed by atoms with Gasteiger partial charge in [0.2, 0.25) is 0 Å². The van der Waals surface area contributed by atoms with Crippen LogP contribution in [-0.4, -0.2) is 25.7 Å². The number of methoxy groups -OCH3 is 1. The molecule has 0 aromatic heterocycles. The highest BCUT2D eigenvalue weighted by molar-refractivity contribution is 5.94. The standard InChI is InChI=1S/C19H23NO3/c1-13-9-10-16(11-14(13)2)19(21)20-15(3)12-23-18-8-6-5-7-17(18)22-4/h5-11,15H,12H2,1-4H3,(H,20,21)/t15-/m1/s1. The van der Waals surface area contributed by atoms with Gasteiger partial charge in [-0.05, 0) is 56.2 Å². The molecule has 0 aliphatic heterocycles. The molecule has 122 valence electrons. The molecular formula is C19H23NO3. The second-order valence-corrected chi connectivity index (χ2v) is 5.64. The van der Waals surface area contributed by atoms with Crippen LogP contribution in [0.4, 0.5) is 0 Å². The first kappa shape index (κ1) is 16.9. The van der Waals surface area contributed by atoms with Crippen molar-refractivity contribution >= 4 is 5.91 Å². The zero-order valence-corrected chi connectivity index (χ0v) is 14.1. The first-order chi connectivity index (χ1) is 11.0. The summed E-state index contributed by atoms with van der Waals surface area (Å²) in [7, 11) is 1.60. The molecule has 1 amide bonds. The zero-order chi connectivity index (χ0) is 16.8. The van der Waals surface area contributed by atoms with E-state index in [-0.39, 0.29) is 11.9 Å². The molecule has 0 saturated carbocycles. The van der Waals surface area contributed by atoms with E-state index < -0.39 is 0 Å². The van der Waals surface area contributed by atoms with E-state index >= 15 is 0 Å². The summed E-state index contributed by atoms with van der Waals surface area (Å²) in [5, 5.41) is 2.95. The van der Waals surface area contributed by atoms with Gasteiger partial charge in [0, 0.05) is 5.56 Å². The summed E-state index contributed by atoms with van der Waals surface area (Å²) in [6.07, 6.45) is 0. The van der Waals surface area contributed by atoms with Crippen molar-refractivity contribution in [1.29, 1.82) is 0 Å². The molecule has 0 bridgehead atoms. The predicted octanol–water partition coefficient (Wildman–Crippen LogP) is 3.51. The number of carbonyl (C=O) groups is 1. The fraction of sp³-hybridized carbons (Fsp3) is 0.316. The molecular weight excluding hydrogens is 290 g/mol. The van der Waals surface area contributed by atoms with Gasteiger partial charge in [0.1, 0.15) is 6.61 Å². The highest BCUT2D eigenvalue weighted by atomic mass is 16.5. The second-order valence-electron chi connectivity index (χ2n) is 5.64. The molecule has 0 heterocycles. The summed E-state index contributed by atoms with van der Waals surface area (Å²) in [6.45, 7) is 6.31. The summed E-state index contributed by atoms with van der Waals surface area (Å²) in [5.41, 5.74) is 2.95. The SMILES string of the molecule is COc1ccccc1OC[C@@H](C)NC(=O)c1ccc(C)c(C)c1. The highest BCUT2D eigenvalue weighted by Crippen LogP contribution is 2.25. The molecule has 0 spiro atoms. The zero-order valence-electron chi connectivity index (χ0n) is 14.1. The summed E-state index contributed by atoms with van der Waals surface area (Å²) in [6, 6.07) is 13.0. The van der Waals surface area contributed by atoms with Crippen molar-refractivity contribution in [3.05, 3.63) is 59.2 Å². The van der Waals surface area contributed by atoms with Gasteiger partial charge in [0.15, 0.2) is 11.5 Å². The van der Waals surface area contributed by atoms with E-state index in [4.69, 9.17) is 9.47 Å². The number of hydrogen-bond donors (Lipinski definition) is 1. The van der Waals surface area contributed by atoms with Gasteiger partial charge in [-0.1, -0.05) is 18.2 Å². The van der Waals surface area contributed by atoms with Crippen LogP contribution in [0.1, 0.15) is 28.4 Å². The van der Waals surface area contributed by atoms with Crippen molar-refractivity contribution in [2.45, 2.75) is 26.8 Å². The van der Waals surface area contributed by atoms with Crippen LogP contribution in [0.15, 0.2) is 42.5 Å². The number of ether oxygens (including phenoxy) is 2. The van der Waals surface area contributed by atoms with E-state index in [1.54, 1.807) is 7.11 Å². The third-order valence-electron chi connectivity index (χ3n) is 3.70. The van der Waals surface area contributed by atoms with Gasteiger partial charge in [0.05, 0.1) is 13.2 Å². The fourth-order valence-corrected chi connectivity index (χ4v) is 2.18. The van der Waals surface area contributed by atoms with E-state index in [0.717, 1.165) is 5.56 Å². The van der Waals surface area contributed by atoms with Crippen LogP contribution in [0, 0.1) is 13.8 Å². The Morgan fingerprint density at radius 2 is 1.78 bits per heavy atom. The van der Waals surface area contributed by atoms with Crippen molar-refractivity contribution in [1.82, 2.24) is 5.32 Å². The maximum absolute atomic E-state index is 12.3. The molecule has 23 heavy (non-hydrogen) atoms. The molecule has 4 heteroatoms. The minimum atomic E-state index is -0.117. The topological polar surface area (TPSA) is 47.6 Å². The Morgan fingerprint density at radius 1 is 1.09 bits per heavy atom. The Morgan fingerprint density at radius 3 is 2.43 bits per heavy atom. The summed E-state index contributed by atoms with van der Waals surface area (Å²) in [4.78, 5) is 12.3.